The third-order valence-electron chi connectivity index (χ3n) is 3.90. The van der Waals surface area contributed by atoms with Crippen LogP contribution < -0.4 is 10.0 Å². The highest BCUT2D eigenvalue weighted by atomic mass is 32.2. The molecule has 0 bridgehead atoms. The zero-order valence-electron chi connectivity index (χ0n) is 15.1. The molecule has 29 heavy (non-hydrogen) atoms. The van der Waals surface area contributed by atoms with Gasteiger partial charge in [0.25, 0.3) is 0 Å². The average Bonchev–Trinajstić information content (AvgIpc) is 2.72. The Morgan fingerprint density at radius 2 is 1.86 bits per heavy atom. The van der Waals surface area contributed by atoms with Crippen LogP contribution in [0.3, 0.4) is 0 Å². The predicted molar refractivity (Wildman–Crippen MR) is 100 cm³/mol. The van der Waals surface area contributed by atoms with Crippen molar-refractivity contribution in [3.63, 3.8) is 0 Å². The zero-order valence-corrected chi connectivity index (χ0v) is 16.0. The van der Waals surface area contributed by atoms with Crippen LogP contribution in [0.2, 0.25) is 0 Å². The SMILES string of the molecule is COC(=O)CNc1nc(CNS(=O)(=O)c2ccc(F)c(F)c2)nc2ccccc12. The van der Waals surface area contributed by atoms with E-state index in [9.17, 15) is 22.0 Å². The van der Waals surface area contributed by atoms with Crippen molar-refractivity contribution in [1.82, 2.24) is 14.7 Å². The van der Waals surface area contributed by atoms with Crippen molar-refractivity contribution in [2.24, 2.45) is 0 Å². The highest BCUT2D eigenvalue weighted by molar-refractivity contribution is 7.89. The van der Waals surface area contributed by atoms with Gasteiger partial charge in [-0.2, -0.15) is 0 Å². The van der Waals surface area contributed by atoms with Gasteiger partial charge in [0.1, 0.15) is 18.2 Å². The number of methoxy groups -OCH3 is 1. The van der Waals surface area contributed by atoms with E-state index >= 15 is 0 Å². The summed E-state index contributed by atoms with van der Waals surface area (Å²) in [5, 5.41) is 3.46. The highest BCUT2D eigenvalue weighted by Crippen LogP contribution is 2.20. The smallest absolute Gasteiger partial charge is 0.325 e. The molecular formula is C18H16F2N4O4S. The molecule has 0 saturated carbocycles. The molecule has 152 valence electrons. The number of para-hydroxylation sites is 1. The summed E-state index contributed by atoms with van der Waals surface area (Å²) in [4.78, 5) is 19.5. The van der Waals surface area contributed by atoms with Gasteiger partial charge >= 0.3 is 5.97 Å². The minimum atomic E-state index is -4.12. The van der Waals surface area contributed by atoms with Crippen molar-refractivity contribution in [3.8, 4) is 0 Å². The van der Waals surface area contributed by atoms with Gasteiger partial charge in [-0.05, 0) is 30.3 Å². The van der Waals surface area contributed by atoms with Gasteiger partial charge in [0, 0.05) is 5.39 Å². The summed E-state index contributed by atoms with van der Waals surface area (Å²) in [6.07, 6.45) is 0. The Labute approximate surface area is 165 Å². The zero-order chi connectivity index (χ0) is 21.0. The maximum Gasteiger partial charge on any atom is 0.325 e. The van der Waals surface area contributed by atoms with E-state index < -0.39 is 32.5 Å². The van der Waals surface area contributed by atoms with Crippen LogP contribution in [-0.2, 0) is 26.1 Å². The summed E-state index contributed by atoms with van der Waals surface area (Å²) in [6, 6.07) is 9.21. The Morgan fingerprint density at radius 3 is 2.59 bits per heavy atom. The number of esters is 1. The van der Waals surface area contributed by atoms with Crippen LogP contribution in [0, 0.1) is 11.6 Å². The Bertz CT molecular complexity index is 1170. The average molecular weight is 422 g/mol. The number of hydrogen-bond acceptors (Lipinski definition) is 7. The lowest BCUT2D eigenvalue weighted by molar-refractivity contribution is -0.138. The summed E-state index contributed by atoms with van der Waals surface area (Å²) >= 11 is 0. The first-order valence-corrected chi connectivity index (χ1v) is 9.79. The van der Waals surface area contributed by atoms with Gasteiger partial charge in [0.15, 0.2) is 11.6 Å². The molecule has 0 amide bonds. The Morgan fingerprint density at radius 1 is 1.10 bits per heavy atom. The molecule has 0 radical (unpaired) electrons. The fourth-order valence-electron chi connectivity index (χ4n) is 2.45. The molecule has 0 aliphatic heterocycles. The Hall–Kier alpha value is -3.18. The van der Waals surface area contributed by atoms with Gasteiger partial charge in [-0.25, -0.2) is 31.9 Å². The third kappa shape index (κ3) is 4.81. The summed E-state index contributed by atoms with van der Waals surface area (Å²) in [7, 11) is -2.87. The summed E-state index contributed by atoms with van der Waals surface area (Å²) < 4.78 is 57.9. The van der Waals surface area contributed by atoms with Crippen LogP contribution >= 0.6 is 0 Å². The fraction of sp³-hybridized carbons (Fsp3) is 0.167. The molecule has 2 N–H and O–H groups in total. The molecule has 0 aliphatic carbocycles. The Kier molecular flexibility index (Phi) is 5.99. The number of halogens is 2. The molecule has 0 atom stereocenters. The second-order valence-corrected chi connectivity index (χ2v) is 7.60. The topological polar surface area (TPSA) is 110 Å². The third-order valence-corrected chi connectivity index (χ3v) is 5.30. The summed E-state index contributed by atoms with van der Waals surface area (Å²) in [5.74, 6) is -2.49. The van der Waals surface area contributed by atoms with Crippen molar-refractivity contribution in [3.05, 3.63) is 59.9 Å². The number of rotatable bonds is 7. The number of aromatic nitrogens is 2. The second-order valence-electron chi connectivity index (χ2n) is 5.84. The van der Waals surface area contributed by atoms with Crippen LogP contribution in [0.5, 0.6) is 0 Å². The van der Waals surface area contributed by atoms with E-state index in [4.69, 9.17) is 0 Å². The van der Waals surface area contributed by atoms with Gasteiger partial charge in [0.05, 0.1) is 24.1 Å². The van der Waals surface area contributed by atoms with Crippen LogP contribution in [0.4, 0.5) is 14.6 Å². The molecule has 1 aromatic heterocycles. The minimum Gasteiger partial charge on any atom is -0.468 e. The fourth-order valence-corrected chi connectivity index (χ4v) is 3.45. The molecule has 0 spiro atoms. The van der Waals surface area contributed by atoms with E-state index in [0.717, 1.165) is 12.1 Å². The van der Waals surface area contributed by atoms with Gasteiger partial charge in [0.2, 0.25) is 10.0 Å². The van der Waals surface area contributed by atoms with E-state index in [-0.39, 0.29) is 18.9 Å². The lowest BCUT2D eigenvalue weighted by Crippen LogP contribution is -2.25. The molecule has 0 aliphatic rings. The van der Waals surface area contributed by atoms with E-state index in [0.29, 0.717) is 22.8 Å². The number of hydrogen-bond donors (Lipinski definition) is 2. The predicted octanol–water partition coefficient (Wildman–Crippen LogP) is 1.97. The number of nitrogens with zero attached hydrogens (tertiary/aromatic N) is 2. The molecule has 8 nitrogen and oxygen atoms in total. The summed E-state index contributed by atoms with van der Waals surface area (Å²) in [5.41, 5.74) is 0.525. The molecule has 0 unspecified atom stereocenters. The van der Waals surface area contributed by atoms with Gasteiger partial charge < -0.3 is 10.1 Å². The van der Waals surface area contributed by atoms with Crippen molar-refractivity contribution < 1.29 is 26.7 Å². The van der Waals surface area contributed by atoms with Crippen LogP contribution in [0.25, 0.3) is 10.9 Å². The number of anilines is 1. The van der Waals surface area contributed by atoms with E-state index in [1.165, 1.54) is 7.11 Å². The number of benzene rings is 2. The van der Waals surface area contributed by atoms with Crippen LogP contribution in [0.1, 0.15) is 5.82 Å². The quantitative estimate of drug-likeness (QED) is 0.560. The van der Waals surface area contributed by atoms with Crippen molar-refractivity contribution in [2.45, 2.75) is 11.4 Å². The molecule has 11 heteroatoms. The molecule has 0 saturated heterocycles. The maximum atomic E-state index is 13.3. The second kappa shape index (κ2) is 8.45. The minimum absolute atomic E-state index is 0.113. The first-order chi connectivity index (χ1) is 13.8. The molecule has 3 aromatic rings. The molecule has 3 rings (SSSR count). The summed E-state index contributed by atoms with van der Waals surface area (Å²) in [6.45, 7) is -0.448. The number of carbonyl (C=O) groups is 1. The molecular weight excluding hydrogens is 406 g/mol. The van der Waals surface area contributed by atoms with Crippen molar-refractivity contribution >= 4 is 32.7 Å². The number of carbonyl (C=O) groups excluding carboxylic acids is 1. The van der Waals surface area contributed by atoms with Gasteiger partial charge in [-0.15, -0.1) is 0 Å². The van der Waals surface area contributed by atoms with E-state index in [2.05, 4.69) is 24.7 Å². The maximum absolute atomic E-state index is 13.3. The number of sulfonamides is 1. The lowest BCUT2D eigenvalue weighted by atomic mass is 10.2. The number of fused-ring (bicyclic) bond motifs is 1. The Balaban J connectivity index is 1.85. The molecule has 0 fully saturated rings. The lowest BCUT2D eigenvalue weighted by Gasteiger charge is -2.11. The van der Waals surface area contributed by atoms with Gasteiger partial charge in [-0.1, -0.05) is 12.1 Å². The van der Waals surface area contributed by atoms with Crippen LogP contribution in [0.15, 0.2) is 47.4 Å². The van der Waals surface area contributed by atoms with Crippen molar-refractivity contribution in [1.29, 1.82) is 0 Å². The van der Waals surface area contributed by atoms with Gasteiger partial charge in [-0.3, -0.25) is 4.79 Å². The van der Waals surface area contributed by atoms with E-state index in [1.807, 2.05) is 0 Å². The number of ether oxygens (including phenoxy) is 1. The van der Waals surface area contributed by atoms with E-state index in [1.54, 1.807) is 24.3 Å². The highest BCUT2D eigenvalue weighted by Gasteiger charge is 2.18. The van der Waals surface area contributed by atoms with Crippen LogP contribution in [-0.4, -0.2) is 38.0 Å². The van der Waals surface area contributed by atoms with Crippen molar-refractivity contribution in [2.75, 3.05) is 19.0 Å². The normalized spacial score (nSPS) is 11.4. The number of nitrogens with one attached hydrogen (secondary N) is 2. The first kappa shape index (κ1) is 20.6. The monoisotopic (exact) mass is 422 g/mol. The molecule has 1 heterocycles. The molecule has 2 aromatic carbocycles. The standard InChI is InChI=1S/C18H16F2N4O4S/c1-28-17(25)10-21-18-12-4-2-3-5-15(12)23-16(24-18)9-22-29(26,27)11-6-7-13(19)14(20)8-11/h2-8,22H,9-10H2,1H3,(H,21,23,24). The first-order valence-electron chi connectivity index (χ1n) is 8.31. The largest absolute Gasteiger partial charge is 0.468 e.